The van der Waals surface area contributed by atoms with Crippen molar-refractivity contribution >= 4 is 11.9 Å². The van der Waals surface area contributed by atoms with Gasteiger partial charge in [-0.15, -0.1) is 0 Å². The summed E-state index contributed by atoms with van der Waals surface area (Å²) in [4.78, 5) is 12.1. The zero-order chi connectivity index (χ0) is 13.8. The average Bonchev–Trinajstić information content (AvgIpc) is 3.01. The molecule has 0 saturated heterocycles. The van der Waals surface area contributed by atoms with Crippen LogP contribution in [0.4, 0.5) is 0 Å². The smallest absolute Gasteiger partial charge is 0.189 e. The lowest BCUT2D eigenvalue weighted by Gasteiger charge is -1.98. The molecule has 100 valence electrons. The molecule has 0 saturated carbocycles. The number of aromatic nitrogens is 4. The summed E-state index contributed by atoms with van der Waals surface area (Å²) in [6.07, 6.45) is 6.89. The number of ketones is 1. The number of carbonyl (C=O) groups excluding carboxylic acids is 1. The fourth-order valence-corrected chi connectivity index (χ4v) is 1.92. The van der Waals surface area contributed by atoms with Crippen LogP contribution in [-0.2, 0) is 13.1 Å². The largest absolute Gasteiger partial charge is 0.289 e. The summed E-state index contributed by atoms with van der Waals surface area (Å²) >= 11 is 0. The molecular formula is C14H18N4O. The van der Waals surface area contributed by atoms with E-state index in [1.54, 1.807) is 29.2 Å². The summed E-state index contributed by atoms with van der Waals surface area (Å²) in [6, 6.07) is 1.88. The highest BCUT2D eigenvalue weighted by atomic mass is 16.1. The first kappa shape index (κ1) is 13.3. The van der Waals surface area contributed by atoms with Crippen molar-refractivity contribution in [3.8, 4) is 0 Å². The van der Waals surface area contributed by atoms with E-state index in [1.807, 2.05) is 31.5 Å². The minimum Gasteiger partial charge on any atom is -0.289 e. The van der Waals surface area contributed by atoms with Gasteiger partial charge in [0.15, 0.2) is 5.78 Å². The Kier molecular flexibility index (Phi) is 3.94. The number of hydrogen-bond acceptors (Lipinski definition) is 3. The van der Waals surface area contributed by atoms with Gasteiger partial charge in [-0.2, -0.15) is 10.2 Å². The van der Waals surface area contributed by atoms with Crippen molar-refractivity contribution in [2.24, 2.45) is 0 Å². The Bertz CT molecular complexity index is 607. The zero-order valence-electron chi connectivity index (χ0n) is 11.5. The molecule has 2 heterocycles. The van der Waals surface area contributed by atoms with Gasteiger partial charge in [0.25, 0.3) is 0 Å². The molecule has 0 unspecified atom stereocenters. The fraction of sp³-hybridized carbons (Fsp3) is 0.357. The first-order valence-corrected chi connectivity index (χ1v) is 6.44. The van der Waals surface area contributed by atoms with Crippen molar-refractivity contribution in [3.63, 3.8) is 0 Å². The second kappa shape index (κ2) is 5.65. The van der Waals surface area contributed by atoms with Crippen molar-refractivity contribution in [2.75, 3.05) is 0 Å². The van der Waals surface area contributed by atoms with E-state index in [0.717, 1.165) is 24.5 Å². The van der Waals surface area contributed by atoms with Gasteiger partial charge >= 0.3 is 0 Å². The molecular weight excluding hydrogens is 240 g/mol. The minimum absolute atomic E-state index is 0.0268. The quantitative estimate of drug-likeness (QED) is 0.611. The molecule has 0 N–H and O–H groups in total. The van der Waals surface area contributed by atoms with Gasteiger partial charge in [-0.25, -0.2) is 0 Å². The molecule has 0 aliphatic carbocycles. The van der Waals surface area contributed by atoms with E-state index in [9.17, 15) is 4.79 Å². The monoisotopic (exact) mass is 258 g/mol. The molecule has 0 spiro atoms. The van der Waals surface area contributed by atoms with E-state index in [1.165, 1.54) is 0 Å². The number of carbonyl (C=O) groups is 1. The standard InChI is InChI=1S/C14H18N4O/c1-4-17-10-13(11(3)16-17)14(19)7-6-12-8-9-15-18(12)5-2/h6-10H,4-5H2,1-3H3/b7-6+. The van der Waals surface area contributed by atoms with Crippen LogP contribution in [0, 0.1) is 6.92 Å². The summed E-state index contributed by atoms with van der Waals surface area (Å²) < 4.78 is 3.61. The Hall–Kier alpha value is -2.17. The summed E-state index contributed by atoms with van der Waals surface area (Å²) in [5.74, 6) is -0.0268. The predicted octanol–water partition coefficient (Wildman–Crippen LogP) is 2.32. The first-order chi connectivity index (χ1) is 9.15. The molecule has 0 aromatic carbocycles. The van der Waals surface area contributed by atoms with Gasteiger partial charge in [0.2, 0.25) is 0 Å². The van der Waals surface area contributed by atoms with Crippen LogP contribution in [0.5, 0.6) is 0 Å². The lowest BCUT2D eigenvalue weighted by molar-refractivity contribution is 0.104. The van der Waals surface area contributed by atoms with Gasteiger partial charge in [0.05, 0.1) is 17.0 Å². The third kappa shape index (κ3) is 2.81. The summed E-state index contributed by atoms with van der Waals surface area (Å²) in [7, 11) is 0. The molecule has 2 aromatic heterocycles. The number of rotatable bonds is 5. The molecule has 2 aromatic rings. The molecule has 5 heteroatoms. The van der Waals surface area contributed by atoms with Crippen molar-refractivity contribution in [1.29, 1.82) is 0 Å². The summed E-state index contributed by atoms with van der Waals surface area (Å²) in [5, 5.41) is 8.43. The molecule has 19 heavy (non-hydrogen) atoms. The van der Waals surface area contributed by atoms with Crippen molar-refractivity contribution < 1.29 is 4.79 Å². The Morgan fingerprint density at radius 3 is 2.79 bits per heavy atom. The topological polar surface area (TPSA) is 52.7 Å². The minimum atomic E-state index is -0.0268. The Morgan fingerprint density at radius 1 is 1.37 bits per heavy atom. The third-order valence-corrected chi connectivity index (χ3v) is 2.99. The van der Waals surface area contributed by atoms with E-state index in [4.69, 9.17) is 0 Å². The van der Waals surface area contributed by atoms with Crippen LogP contribution in [-0.4, -0.2) is 25.3 Å². The SMILES string of the molecule is CCn1cc(C(=O)/C=C/c2ccnn2CC)c(C)n1. The van der Waals surface area contributed by atoms with Crippen LogP contribution in [0.15, 0.2) is 24.5 Å². The number of aryl methyl sites for hydroxylation is 3. The highest BCUT2D eigenvalue weighted by Crippen LogP contribution is 2.09. The van der Waals surface area contributed by atoms with Crippen molar-refractivity contribution in [3.05, 3.63) is 41.5 Å². The van der Waals surface area contributed by atoms with Crippen molar-refractivity contribution in [1.82, 2.24) is 19.6 Å². The van der Waals surface area contributed by atoms with E-state index in [-0.39, 0.29) is 5.78 Å². The second-order valence-corrected chi connectivity index (χ2v) is 4.25. The summed E-state index contributed by atoms with van der Waals surface area (Å²) in [6.45, 7) is 7.41. The second-order valence-electron chi connectivity index (χ2n) is 4.25. The van der Waals surface area contributed by atoms with Gasteiger partial charge in [-0.1, -0.05) is 0 Å². The average molecular weight is 258 g/mol. The van der Waals surface area contributed by atoms with Gasteiger partial charge in [0.1, 0.15) is 0 Å². The van der Waals surface area contributed by atoms with E-state index in [0.29, 0.717) is 5.56 Å². The number of allylic oxidation sites excluding steroid dienone is 1. The molecule has 0 aliphatic heterocycles. The molecule has 0 aliphatic rings. The maximum absolute atomic E-state index is 12.1. The fourth-order valence-electron chi connectivity index (χ4n) is 1.92. The molecule has 0 amide bonds. The zero-order valence-corrected chi connectivity index (χ0v) is 11.5. The lowest BCUT2D eigenvalue weighted by Crippen LogP contribution is -1.99. The molecule has 0 radical (unpaired) electrons. The van der Waals surface area contributed by atoms with Gasteiger partial charge in [-0.3, -0.25) is 14.2 Å². The Labute approximate surface area is 112 Å². The van der Waals surface area contributed by atoms with Gasteiger partial charge in [0, 0.05) is 25.5 Å². The Morgan fingerprint density at radius 2 is 2.16 bits per heavy atom. The lowest BCUT2D eigenvalue weighted by atomic mass is 10.1. The van der Waals surface area contributed by atoms with Crippen LogP contribution in [0.25, 0.3) is 6.08 Å². The van der Waals surface area contributed by atoms with Gasteiger partial charge in [-0.05, 0) is 39.0 Å². The first-order valence-electron chi connectivity index (χ1n) is 6.44. The number of hydrogen-bond donors (Lipinski definition) is 0. The normalized spacial score (nSPS) is 11.3. The van der Waals surface area contributed by atoms with Crippen LogP contribution in [0.3, 0.4) is 0 Å². The van der Waals surface area contributed by atoms with Gasteiger partial charge < -0.3 is 0 Å². The molecule has 5 nitrogen and oxygen atoms in total. The third-order valence-electron chi connectivity index (χ3n) is 2.99. The van der Waals surface area contributed by atoms with E-state index in [2.05, 4.69) is 10.2 Å². The number of nitrogens with zero attached hydrogens (tertiary/aromatic N) is 4. The molecule has 0 bridgehead atoms. The van der Waals surface area contributed by atoms with E-state index < -0.39 is 0 Å². The molecule has 0 atom stereocenters. The van der Waals surface area contributed by atoms with Crippen LogP contribution in [0.2, 0.25) is 0 Å². The Balaban J connectivity index is 2.18. The van der Waals surface area contributed by atoms with E-state index >= 15 is 0 Å². The van der Waals surface area contributed by atoms with Crippen LogP contribution >= 0.6 is 0 Å². The highest BCUT2D eigenvalue weighted by Gasteiger charge is 2.10. The van der Waals surface area contributed by atoms with Crippen molar-refractivity contribution in [2.45, 2.75) is 33.9 Å². The summed E-state index contributed by atoms with van der Waals surface area (Å²) in [5.41, 5.74) is 2.34. The molecule has 0 fully saturated rings. The maximum Gasteiger partial charge on any atom is 0.189 e. The maximum atomic E-state index is 12.1. The molecule has 2 rings (SSSR count). The predicted molar refractivity (Wildman–Crippen MR) is 73.9 cm³/mol. The highest BCUT2D eigenvalue weighted by molar-refractivity contribution is 6.07. The van der Waals surface area contributed by atoms with Crippen LogP contribution < -0.4 is 0 Å². The van der Waals surface area contributed by atoms with Crippen LogP contribution in [0.1, 0.15) is 35.6 Å².